The van der Waals surface area contributed by atoms with Crippen molar-refractivity contribution in [2.24, 2.45) is 0 Å². The number of hydrogen-bond donors (Lipinski definition) is 2. The Bertz CT molecular complexity index is 761. The van der Waals surface area contributed by atoms with Crippen LogP contribution < -0.4 is 10.6 Å². The first kappa shape index (κ1) is 17.9. The fourth-order valence-electron chi connectivity index (χ4n) is 3.26. The van der Waals surface area contributed by atoms with Crippen LogP contribution in [0.2, 0.25) is 0 Å². The molecular weight excluding hydrogens is 336 g/mol. The first-order valence-corrected chi connectivity index (χ1v) is 8.68. The molecule has 0 aliphatic carbocycles. The Balaban J connectivity index is 1.77. The lowest BCUT2D eigenvalue weighted by atomic mass is 9.91. The predicted octanol–water partition coefficient (Wildman–Crippen LogP) is 0.958. The van der Waals surface area contributed by atoms with Crippen LogP contribution in [0.3, 0.4) is 0 Å². The molecule has 3 rings (SSSR count). The highest BCUT2D eigenvalue weighted by Gasteiger charge is 2.50. The van der Waals surface area contributed by atoms with E-state index in [2.05, 4.69) is 17.6 Å². The van der Waals surface area contributed by atoms with Gasteiger partial charge in [0.25, 0.3) is 11.8 Å². The van der Waals surface area contributed by atoms with E-state index in [-0.39, 0.29) is 6.54 Å². The number of rotatable bonds is 5. The van der Waals surface area contributed by atoms with Crippen LogP contribution in [0.5, 0.6) is 0 Å². The van der Waals surface area contributed by atoms with Crippen LogP contribution in [0.4, 0.5) is 9.59 Å². The zero-order valence-electron chi connectivity index (χ0n) is 14.9. The Morgan fingerprint density at radius 3 is 2.42 bits per heavy atom. The molecule has 2 fully saturated rings. The van der Waals surface area contributed by atoms with Gasteiger partial charge in [0.05, 0.1) is 0 Å². The summed E-state index contributed by atoms with van der Waals surface area (Å²) in [6.07, 6.45) is 1.96. The monoisotopic (exact) mass is 358 g/mol. The second-order valence-electron chi connectivity index (χ2n) is 6.67. The van der Waals surface area contributed by atoms with Gasteiger partial charge in [-0.05, 0) is 24.5 Å². The maximum atomic E-state index is 12.9. The minimum Gasteiger partial charge on any atom is -0.336 e. The predicted molar refractivity (Wildman–Crippen MR) is 93.1 cm³/mol. The lowest BCUT2D eigenvalue weighted by Gasteiger charge is -2.23. The van der Waals surface area contributed by atoms with Gasteiger partial charge in [0.1, 0.15) is 12.1 Å². The van der Waals surface area contributed by atoms with Crippen LogP contribution in [0.1, 0.15) is 31.4 Å². The van der Waals surface area contributed by atoms with Crippen molar-refractivity contribution in [2.75, 3.05) is 19.6 Å². The van der Waals surface area contributed by atoms with Gasteiger partial charge in [0, 0.05) is 13.1 Å². The van der Waals surface area contributed by atoms with Crippen molar-refractivity contribution in [1.82, 2.24) is 20.4 Å². The molecule has 1 aromatic rings. The topological polar surface area (TPSA) is 98.8 Å². The summed E-state index contributed by atoms with van der Waals surface area (Å²) in [6.45, 7) is 3.85. The Morgan fingerprint density at radius 2 is 1.85 bits per heavy atom. The molecule has 8 nitrogen and oxygen atoms in total. The first-order chi connectivity index (χ1) is 12.4. The molecule has 2 heterocycles. The van der Waals surface area contributed by atoms with Crippen molar-refractivity contribution in [2.45, 2.75) is 32.2 Å². The van der Waals surface area contributed by atoms with Crippen molar-refractivity contribution in [3.8, 4) is 0 Å². The smallest absolute Gasteiger partial charge is 0.325 e. The van der Waals surface area contributed by atoms with Gasteiger partial charge in [-0.3, -0.25) is 19.4 Å². The Labute approximate surface area is 151 Å². The summed E-state index contributed by atoms with van der Waals surface area (Å²) < 4.78 is 0. The lowest BCUT2D eigenvalue weighted by Crippen LogP contribution is -2.45. The third kappa shape index (κ3) is 3.02. The van der Waals surface area contributed by atoms with Crippen molar-refractivity contribution in [3.05, 3.63) is 35.4 Å². The van der Waals surface area contributed by atoms with Crippen molar-refractivity contribution in [1.29, 1.82) is 0 Å². The minimum absolute atomic E-state index is 0.234. The van der Waals surface area contributed by atoms with E-state index < -0.39 is 36.0 Å². The molecule has 2 aliphatic heterocycles. The molecule has 0 aromatic heterocycles. The highest BCUT2D eigenvalue weighted by Crippen LogP contribution is 2.29. The van der Waals surface area contributed by atoms with E-state index >= 15 is 0 Å². The zero-order valence-corrected chi connectivity index (χ0v) is 14.9. The second kappa shape index (κ2) is 6.78. The summed E-state index contributed by atoms with van der Waals surface area (Å²) in [5, 5.41) is 5.19. The zero-order chi connectivity index (χ0) is 18.9. The molecule has 1 aromatic carbocycles. The van der Waals surface area contributed by atoms with E-state index in [1.807, 2.05) is 24.3 Å². The van der Waals surface area contributed by atoms with Crippen molar-refractivity contribution >= 4 is 23.9 Å². The third-order valence-corrected chi connectivity index (χ3v) is 4.80. The van der Waals surface area contributed by atoms with E-state index in [9.17, 15) is 19.2 Å². The SMILES string of the molecule is CCCc1ccc([C@]2(C)NC(=O)N(CC(=O)N3CCNC3=O)C2=O)cc1. The maximum absolute atomic E-state index is 12.9. The quantitative estimate of drug-likeness (QED) is 0.766. The third-order valence-electron chi connectivity index (χ3n) is 4.80. The number of carbonyl (C=O) groups excluding carboxylic acids is 4. The summed E-state index contributed by atoms with van der Waals surface area (Å²) in [4.78, 5) is 50.9. The number of nitrogens with zero attached hydrogens (tertiary/aromatic N) is 2. The van der Waals surface area contributed by atoms with E-state index in [1.54, 1.807) is 6.92 Å². The van der Waals surface area contributed by atoms with Crippen molar-refractivity contribution in [3.63, 3.8) is 0 Å². The molecule has 6 amide bonds. The Morgan fingerprint density at radius 1 is 1.15 bits per heavy atom. The number of imide groups is 2. The van der Waals surface area contributed by atoms with Crippen LogP contribution in [0.15, 0.2) is 24.3 Å². The van der Waals surface area contributed by atoms with Gasteiger partial charge in [0.2, 0.25) is 0 Å². The fourth-order valence-corrected chi connectivity index (χ4v) is 3.26. The molecule has 0 saturated carbocycles. The minimum atomic E-state index is -1.23. The molecule has 138 valence electrons. The molecular formula is C18H22N4O4. The number of nitrogens with one attached hydrogen (secondary N) is 2. The number of carbonyl (C=O) groups is 4. The average molecular weight is 358 g/mol. The van der Waals surface area contributed by atoms with E-state index in [4.69, 9.17) is 0 Å². The van der Waals surface area contributed by atoms with E-state index in [0.717, 1.165) is 28.2 Å². The van der Waals surface area contributed by atoms with Crippen LogP contribution in [0.25, 0.3) is 0 Å². The molecule has 0 unspecified atom stereocenters. The van der Waals surface area contributed by atoms with E-state index in [0.29, 0.717) is 12.1 Å². The van der Waals surface area contributed by atoms with Gasteiger partial charge >= 0.3 is 12.1 Å². The highest BCUT2D eigenvalue weighted by molar-refractivity contribution is 6.10. The van der Waals surface area contributed by atoms with Gasteiger partial charge in [0.15, 0.2) is 0 Å². The second-order valence-corrected chi connectivity index (χ2v) is 6.67. The summed E-state index contributed by atoms with van der Waals surface area (Å²) in [5.41, 5.74) is 0.586. The molecule has 26 heavy (non-hydrogen) atoms. The standard InChI is InChI=1S/C18H22N4O4/c1-3-4-12-5-7-13(8-6-12)18(2)15(24)22(17(26)20-18)11-14(23)21-10-9-19-16(21)25/h5-8H,3-4,9-11H2,1-2H3,(H,19,25)(H,20,26)/t18-/m0/s1. The van der Waals surface area contributed by atoms with Gasteiger partial charge < -0.3 is 10.6 Å². The molecule has 0 radical (unpaired) electrons. The van der Waals surface area contributed by atoms with Crippen LogP contribution >= 0.6 is 0 Å². The lowest BCUT2D eigenvalue weighted by molar-refractivity contribution is -0.137. The molecule has 8 heteroatoms. The number of urea groups is 2. The number of amides is 6. The number of hydrogen-bond acceptors (Lipinski definition) is 4. The first-order valence-electron chi connectivity index (χ1n) is 8.68. The van der Waals surface area contributed by atoms with Crippen molar-refractivity contribution < 1.29 is 19.2 Å². The molecule has 1 atom stereocenters. The van der Waals surface area contributed by atoms with Crippen LogP contribution in [0, 0.1) is 0 Å². The summed E-state index contributed by atoms with van der Waals surface area (Å²) in [7, 11) is 0. The Kier molecular flexibility index (Phi) is 4.67. The molecule has 2 saturated heterocycles. The van der Waals surface area contributed by atoms with Crippen LogP contribution in [-0.2, 0) is 21.5 Å². The maximum Gasteiger partial charge on any atom is 0.325 e. The van der Waals surface area contributed by atoms with Gasteiger partial charge in [-0.15, -0.1) is 0 Å². The van der Waals surface area contributed by atoms with E-state index in [1.165, 1.54) is 0 Å². The van der Waals surface area contributed by atoms with Gasteiger partial charge in [-0.25, -0.2) is 9.59 Å². The number of aryl methyl sites for hydroxylation is 1. The normalized spacial score (nSPS) is 22.6. The number of benzene rings is 1. The average Bonchev–Trinajstić information content (AvgIpc) is 3.13. The van der Waals surface area contributed by atoms with Gasteiger partial charge in [-0.1, -0.05) is 37.6 Å². The summed E-state index contributed by atoms with van der Waals surface area (Å²) in [6, 6.07) is 6.38. The molecule has 0 bridgehead atoms. The van der Waals surface area contributed by atoms with Crippen LogP contribution in [-0.4, -0.2) is 53.3 Å². The molecule has 2 aliphatic rings. The Hall–Kier alpha value is -2.90. The summed E-state index contributed by atoms with van der Waals surface area (Å²) in [5.74, 6) is -1.08. The molecule has 0 spiro atoms. The fraction of sp³-hybridized carbons (Fsp3) is 0.444. The van der Waals surface area contributed by atoms with Gasteiger partial charge in [-0.2, -0.15) is 0 Å². The molecule has 2 N–H and O–H groups in total. The largest absolute Gasteiger partial charge is 0.336 e. The highest BCUT2D eigenvalue weighted by atomic mass is 16.2. The summed E-state index contributed by atoms with van der Waals surface area (Å²) >= 11 is 0.